The molecule has 0 aliphatic carbocycles. The third-order valence-electron chi connectivity index (χ3n) is 3.04. The molecule has 0 bridgehead atoms. The lowest BCUT2D eigenvalue weighted by atomic mass is 10.2. The van der Waals surface area contributed by atoms with Crippen molar-refractivity contribution in [1.82, 2.24) is 0 Å². The van der Waals surface area contributed by atoms with E-state index in [2.05, 4.69) is 9.73 Å². The van der Waals surface area contributed by atoms with Gasteiger partial charge in [0.05, 0.1) is 6.61 Å². The van der Waals surface area contributed by atoms with Crippen LogP contribution in [0.4, 0.5) is 23.2 Å². The number of alkyl halides is 4. The lowest BCUT2D eigenvalue weighted by molar-refractivity contribution is -0.252. The molecule has 1 N–H and O–H groups in total. The third kappa shape index (κ3) is 4.62. The van der Waals surface area contributed by atoms with Gasteiger partial charge in [-0.25, -0.2) is 0 Å². The van der Waals surface area contributed by atoms with E-state index in [-0.39, 0.29) is 22.7 Å². The van der Waals surface area contributed by atoms with Crippen LogP contribution in [-0.2, 0) is 0 Å². The maximum Gasteiger partial charge on any atom is 0.461 e. The summed E-state index contributed by atoms with van der Waals surface area (Å²) in [6.45, 7) is 2.09. The minimum absolute atomic E-state index is 0.0935. The Morgan fingerprint density at radius 1 is 1.12 bits per heavy atom. The molecule has 0 aromatic heterocycles. The Kier molecular flexibility index (Phi) is 5.84. The molecule has 0 aliphatic heterocycles. The van der Waals surface area contributed by atoms with Crippen LogP contribution in [0, 0.1) is 0 Å². The van der Waals surface area contributed by atoms with Gasteiger partial charge in [-0.2, -0.15) is 17.6 Å². The molecular weight excluding hydrogens is 342 g/mol. The number of benzene rings is 2. The predicted molar refractivity (Wildman–Crippen MR) is 84.6 cm³/mol. The first-order valence-electron chi connectivity index (χ1n) is 7.28. The molecule has 0 unspecified atom stereocenters. The highest BCUT2D eigenvalue weighted by Crippen LogP contribution is 2.35. The van der Waals surface area contributed by atoms with Gasteiger partial charge in [0.2, 0.25) is 0 Å². The van der Waals surface area contributed by atoms with Crippen LogP contribution < -0.4 is 9.47 Å². The van der Waals surface area contributed by atoms with Crippen molar-refractivity contribution in [3.8, 4) is 17.2 Å². The first-order valence-corrected chi connectivity index (χ1v) is 7.28. The minimum Gasteiger partial charge on any atom is -0.504 e. The molecule has 0 aliphatic rings. The second-order valence-electron chi connectivity index (χ2n) is 4.82. The molecule has 0 fully saturated rings. The van der Waals surface area contributed by atoms with Gasteiger partial charge in [0.15, 0.2) is 17.2 Å². The van der Waals surface area contributed by atoms with E-state index in [4.69, 9.17) is 4.74 Å². The van der Waals surface area contributed by atoms with E-state index in [1.807, 2.05) is 0 Å². The van der Waals surface area contributed by atoms with Crippen LogP contribution in [0.3, 0.4) is 0 Å². The average molecular weight is 357 g/mol. The summed E-state index contributed by atoms with van der Waals surface area (Å²) in [5.74, 6) is -0.450. The highest BCUT2D eigenvalue weighted by molar-refractivity contribution is 5.87. The maximum absolute atomic E-state index is 13.1. The summed E-state index contributed by atoms with van der Waals surface area (Å²) in [4.78, 5) is 3.94. The van der Waals surface area contributed by atoms with Crippen molar-refractivity contribution in [2.24, 2.45) is 4.99 Å². The van der Waals surface area contributed by atoms with Crippen molar-refractivity contribution >= 4 is 11.9 Å². The van der Waals surface area contributed by atoms with Crippen LogP contribution in [0.25, 0.3) is 0 Å². The molecule has 0 amide bonds. The Balaban J connectivity index is 2.29. The quantitative estimate of drug-likeness (QED) is 0.573. The molecule has 2 aromatic carbocycles. The zero-order valence-corrected chi connectivity index (χ0v) is 13.1. The van der Waals surface area contributed by atoms with Crippen molar-refractivity contribution in [3.63, 3.8) is 0 Å². The number of hydrogen-bond acceptors (Lipinski definition) is 4. The highest BCUT2D eigenvalue weighted by Gasteiger charge is 2.44. The summed E-state index contributed by atoms with van der Waals surface area (Å²) >= 11 is 0. The lowest BCUT2D eigenvalue weighted by Crippen LogP contribution is -2.33. The largest absolute Gasteiger partial charge is 0.504 e. The van der Waals surface area contributed by atoms with Crippen molar-refractivity contribution in [2.45, 2.75) is 19.5 Å². The van der Waals surface area contributed by atoms with Gasteiger partial charge in [0.25, 0.3) is 0 Å². The summed E-state index contributed by atoms with van der Waals surface area (Å²) in [5, 5.41) is 10.1. The van der Waals surface area contributed by atoms with Crippen LogP contribution in [0.1, 0.15) is 12.5 Å². The Morgan fingerprint density at radius 3 is 2.48 bits per heavy atom. The number of hydrogen-bond donors (Lipinski definition) is 1. The van der Waals surface area contributed by atoms with Crippen LogP contribution >= 0.6 is 0 Å². The van der Waals surface area contributed by atoms with Crippen LogP contribution in [0.2, 0.25) is 0 Å². The lowest BCUT2D eigenvalue weighted by Gasteiger charge is -2.17. The Hall–Kier alpha value is -2.77. The number of aromatic hydroxyl groups is 1. The van der Waals surface area contributed by atoms with E-state index < -0.39 is 18.3 Å². The van der Waals surface area contributed by atoms with Crippen molar-refractivity contribution in [1.29, 1.82) is 0 Å². The molecule has 0 saturated carbocycles. The first-order chi connectivity index (χ1) is 11.8. The Bertz CT molecular complexity index is 750. The normalized spacial score (nSPS) is 11.9. The van der Waals surface area contributed by atoms with Crippen LogP contribution in [-0.4, -0.2) is 30.5 Å². The topological polar surface area (TPSA) is 51.0 Å². The number of phenolic OH excluding ortho intramolecular Hbond substituents is 1. The number of halogens is 4. The Labute approximate surface area is 141 Å². The summed E-state index contributed by atoms with van der Waals surface area (Å²) < 4.78 is 60.1. The van der Waals surface area contributed by atoms with E-state index >= 15 is 0 Å². The van der Waals surface area contributed by atoms with E-state index in [0.29, 0.717) is 6.61 Å². The molecule has 4 nitrogen and oxygen atoms in total. The third-order valence-corrected chi connectivity index (χ3v) is 3.04. The second kappa shape index (κ2) is 7.87. The molecule has 0 atom stereocenters. The van der Waals surface area contributed by atoms with E-state index in [1.54, 1.807) is 19.1 Å². The molecule has 2 aromatic rings. The van der Waals surface area contributed by atoms with Crippen molar-refractivity contribution in [2.75, 3.05) is 6.61 Å². The minimum atomic E-state index is -4.64. The standard InChI is InChI=1S/C17H15F4NO3/c1-2-24-14-9-5-6-11(15(14)23)10-22-12-7-3-4-8-13(12)25-17(20,21)16(18)19/h3-10,16,23H,2H2,1H3. The van der Waals surface area contributed by atoms with Gasteiger partial charge in [-0.3, -0.25) is 4.99 Å². The highest BCUT2D eigenvalue weighted by atomic mass is 19.3. The predicted octanol–water partition coefficient (Wildman–Crippen LogP) is 4.78. The number of nitrogens with zero attached hydrogens (tertiary/aromatic N) is 1. The summed E-state index contributed by atoms with van der Waals surface area (Å²) in [5.41, 5.74) is 0.172. The molecule has 0 spiro atoms. The smallest absolute Gasteiger partial charge is 0.461 e. The van der Waals surface area contributed by atoms with Crippen LogP contribution in [0.15, 0.2) is 47.5 Å². The number of para-hydroxylation sites is 3. The van der Waals surface area contributed by atoms with E-state index in [0.717, 1.165) is 6.07 Å². The average Bonchev–Trinajstić information content (AvgIpc) is 2.56. The van der Waals surface area contributed by atoms with Gasteiger partial charge in [-0.05, 0) is 31.2 Å². The second-order valence-corrected chi connectivity index (χ2v) is 4.82. The molecule has 25 heavy (non-hydrogen) atoms. The molecular formula is C17H15F4NO3. The van der Waals surface area contributed by atoms with Crippen LogP contribution in [0.5, 0.6) is 17.2 Å². The van der Waals surface area contributed by atoms with E-state index in [1.165, 1.54) is 30.5 Å². The maximum atomic E-state index is 13.1. The number of rotatable bonds is 7. The van der Waals surface area contributed by atoms with Gasteiger partial charge in [0.1, 0.15) is 5.69 Å². The number of ether oxygens (including phenoxy) is 2. The SMILES string of the molecule is CCOc1cccc(C=Nc2ccccc2OC(F)(F)C(F)F)c1O. The zero-order valence-electron chi connectivity index (χ0n) is 13.1. The number of phenols is 1. The fourth-order valence-electron chi connectivity index (χ4n) is 1.90. The molecule has 0 saturated heterocycles. The zero-order chi connectivity index (χ0) is 18.4. The van der Waals surface area contributed by atoms with Gasteiger partial charge in [-0.1, -0.05) is 18.2 Å². The Morgan fingerprint density at radius 2 is 1.80 bits per heavy atom. The molecule has 0 heterocycles. The fourth-order valence-corrected chi connectivity index (χ4v) is 1.90. The van der Waals surface area contributed by atoms with Crippen molar-refractivity contribution in [3.05, 3.63) is 48.0 Å². The van der Waals surface area contributed by atoms with Gasteiger partial charge >= 0.3 is 12.5 Å². The van der Waals surface area contributed by atoms with Gasteiger partial charge < -0.3 is 14.6 Å². The van der Waals surface area contributed by atoms with Gasteiger partial charge in [0, 0.05) is 11.8 Å². The van der Waals surface area contributed by atoms with Crippen molar-refractivity contribution < 1.29 is 32.1 Å². The molecule has 134 valence electrons. The van der Waals surface area contributed by atoms with Gasteiger partial charge in [-0.15, -0.1) is 0 Å². The summed E-state index contributed by atoms with van der Waals surface area (Å²) in [6, 6.07) is 9.93. The first kappa shape index (κ1) is 18.6. The molecule has 8 heteroatoms. The summed E-state index contributed by atoms with van der Waals surface area (Å²) in [7, 11) is 0. The number of aliphatic imine (C=N–C) groups is 1. The van der Waals surface area contributed by atoms with E-state index in [9.17, 15) is 22.7 Å². The monoisotopic (exact) mass is 357 g/mol. The molecule has 0 radical (unpaired) electrons. The molecule has 2 rings (SSSR count). The fraction of sp³-hybridized carbons (Fsp3) is 0.235. The summed E-state index contributed by atoms with van der Waals surface area (Å²) in [6.07, 6.45) is -7.42.